The summed E-state index contributed by atoms with van der Waals surface area (Å²) in [5.74, 6) is 0.640. The highest BCUT2D eigenvalue weighted by molar-refractivity contribution is 5.95. The van der Waals surface area contributed by atoms with Gasteiger partial charge in [0.2, 0.25) is 0 Å². The van der Waals surface area contributed by atoms with E-state index in [0.717, 1.165) is 30.6 Å². The molecule has 0 spiro atoms. The number of benzene rings is 1. The number of rotatable bonds is 6. The Morgan fingerprint density at radius 2 is 2.28 bits per heavy atom. The van der Waals surface area contributed by atoms with Gasteiger partial charge in [0.25, 0.3) is 5.91 Å². The maximum Gasteiger partial charge on any atom is 0.257 e. The van der Waals surface area contributed by atoms with Gasteiger partial charge in [-0.15, -0.1) is 0 Å². The highest BCUT2D eigenvalue weighted by atomic mass is 16.5. The first-order valence-corrected chi connectivity index (χ1v) is 8.61. The van der Waals surface area contributed by atoms with E-state index in [0.29, 0.717) is 11.3 Å². The van der Waals surface area contributed by atoms with E-state index in [9.17, 15) is 4.79 Å². The Balaban J connectivity index is 1.80. The minimum absolute atomic E-state index is 0.0442. The van der Waals surface area contributed by atoms with Crippen molar-refractivity contribution in [3.8, 4) is 5.75 Å². The highest BCUT2D eigenvalue weighted by Gasteiger charge is 2.25. The van der Waals surface area contributed by atoms with E-state index in [2.05, 4.69) is 16.5 Å². The Kier molecular flexibility index (Phi) is 5.38. The average Bonchev–Trinajstić information content (AvgIpc) is 3.03. The van der Waals surface area contributed by atoms with Crippen LogP contribution in [0.25, 0.3) is 0 Å². The molecule has 1 atom stereocenters. The fourth-order valence-electron chi connectivity index (χ4n) is 3.19. The molecule has 2 aromatic rings. The monoisotopic (exact) mass is 344 g/mol. The molecule has 6 heteroatoms. The van der Waals surface area contributed by atoms with Gasteiger partial charge in [0.1, 0.15) is 23.3 Å². The molecule has 1 amide bonds. The van der Waals surface area contributed by atoms with E-state index < -0.39 is 0 Å². The summed E-state index contributed by atoms with van der Waals surface area (Å²) in [6.07, 6.45) is 4.44. The third kappa shape index (κ3) is 4.02. The zero-order valence-electron chi connectivity index (χ0n) is 14.9. The number of nitrogens with one attached hydrogen (secondary N) is 1. The summed E-state index contributed by atoms with van der Waals surface area (Å²) in [5, 5.41) is 6.94. The van der Waals surface area contributed by atoms with E-state index in [1.807, 2.05) is 26.0 Å². The van der Waals surface area contributed by atoms with Crippen LogP contribution in [0.4, 0.5) is 0 Å². The molecule has 0 aliphatic heterocycles. The normalized spacial score (nSPS) is 16.6. The van der Waals surface area contributed by atoms with Gasteiger partial charge in [-0.05, 0) is 56.4 Å². The summed E-state index contributed by atoms with van der Waals surface area (Å²) < 4.78 is 15.8. The van der Waals surface area contributed by atoms with Crippen molar-refractivity contribution in [3.05, 3.63) is 46.8 Å². The fourth-order valence-corrected chi connectivity index (χ4v) is 3.19. The van der Waals surface area contributed by atoms with Crippen molar-refractivity contribution in [2.45, 2.75) is 51.9 Å². The van der Waals surface area contributed by atoms with Gasteiger partial charge in [-0.25, -0.2) is 0 Å². The predicted molar refractivity (Wildman–Crippen MR) is 92.6 cm³/mol. The lowest BCUT2D eigenvalue weighted by Gasteiger charge is -2.27. The van der Waals surface area contributed by atoms with Crippen molar-refractivity contribution in [2.24, 2.45) is 0 Å². The van der Waals surface area contributed by atoms with E-state index in [4.69, 9.17) is 14.0 Å². The molecule has 0 radical (unpaired) electrons. The van der Waals surface area contributed by atoms with Gasteiger partial charge >= 0.3 is 0 Å². The Hall–Kier alpha value is -2.34. The molecule has 1 aromatic heterocycles. The van der Waals surface area contributed by atoms with Crippen LogP contribution in [0.3, 0.4) is 0 Å². The van der Waals surface area contributed by atoms with Crippen LogP contribution in [0.1, 0.15) is 59.9 Å². The fraction of sp³-hybridized carbons (Fsp3) is 0.474. The number of aromatic nitrogens is 1. The first-order valence-electron chi connectivity index (χ1n) is 8.61. The third-order valence-electron chi connectivity index (χ3n) is 4.28. The number of ether oxygens (including phenoxy) is 2. The Morgan fingerprint density at radius 3 is 3.04 bits per heavy atom. The summed E-state index contributed by atoms with van der Waals surface area (Å²) in [5.41, 5.74) is 3.31. The van der Waals surface area contributed by atoms with Gasteiger partial charge in [0, 0.05) is 7.11 Å². The minimum atomic E-state index is -0.193. The molecule has 134 valence electrons. The molecule has 3 rings (SSSR count). The maximum atomic E-state index is 12.6. The number of carbonyl (C=O) groups excluding carboxylic acids is 1. The SMILES string of the molecule is COCc1nocc1C(=O)N[C@@H]1CCCc2ccc(OC(C)C)cc21. The van der Waals surface area contributed by atoms with Crippen LogP contribution >= 0.6 is 0 Å². The number of nitrogens with zero attached hydrogens (tertiary/aromatic N) is 1. The van der Waals surface area contributed by atoms with Gasteiger partial charge in [0.15, 0.2) is 0 Å². The lowest BCUT2D eigenvalue weighted by molar-refractivity contribution is 0.0927. The van der Waals surface area contributed by atoms with Crippen molar-refractivity contribution in [3.63, 3.8) is 0 Å². The van der Waals surface area contributed by atoms with Crippen LogP contribution in [0.5, 0.6) is 5.75 Å². The Morgan fingerprint density at radius 1 is 1.44 bits per heavy atom. The van der Waals surface area contributed by atoms with E-state index in [1.165, 1.54) is 11.8 Å². The third-order valence-corrected chi connectivity index (χ3v) is 4.28. The topological polar surface area (TPSA) is 73.6 Å². The molecular formula is C19H24N2O4. The molecular weight excluding hydrogens is 320 g/mol. The van der Waals surface area contributed by atoms with Gasteiger partial charge in [-0.1, -0.05) is 11.2 Å². The maximum absolute atomic E-state index is 12.6. The van der Waals surface area contributed by atoms with Crippen molar-refractivity contribution in [2.75, 3.05) is 7.11 Å². The molecule has 1 heterocycles. The number of carbonyl (C=O) groups is 1. The first kappa shape index (κ1) is 17.5. The van der Waals surface area contributed by atoms with Crippen LogP contribution in [0.15, 0.2) is 29.0 Å². The second kappa shape index (κ2) is 7.70. The second-order valence-corrected chi connectivity index (χ2v) is 6.55. The molecule has 0 saturated carbocycles. The van der Waals surface area contributed by atoms with Crippen molar-refractivity contribution < 1.29 is 18.8 Å². The lowest BCUT2D eigenvalue weighted by Crippen LogP contribution is -2.31. The molecule has 1 N–H and O–H groups in total. The summed E-state index contributed by atoms with van der Waals surface area (Å²) >= 11 is 0. The van der Waals surface area contributed by atoms with Crippen LogP contribution in [0, 0.1) is 0 Å². The quantitative estimate of drug-likeness (QED) is 0.869. The Labute approximate surface area is 147 Å². The second-order valence-electron chi connectivity index (χ2n) is 6.55. The summed E-state index contributed by atoms with van der Waals surface area (Å²) in [6.45, 7) is 4.25. The molecule has 1 aliphatic rings. The molecule has 0 fully saturated rings. The lowest BCUT2D eigenvalue weighted by atomic mass is 9.87. The molecule has 0 unspecified atom stereocenters. The molecule has 0 saturated heterocycles. The van der Waals surface area contributed by atoms with Crippen molar-refractivity contribution in [1.29, 1.82) is 0 Å². The number of aryl methyl sites for hydroxylation is 1. The van der Waals surface area contributed by atoms with E-state index in [-0.39, 0.29) is 24.7 Å². The zero-order chi connectivity index (χ0) is 17.8. The predicted octanol–water partition coefficient (Wildman–Crippen LogP) is 3.42. The summed E-state index contributed by atoms with van der Waals surface area (Å²) in [7, 11) is 1.56. The van der Waals surface area contributed by atoms with Gasteiger partial charge in [-0.3, -0.25) is 4.79 Å². The number of hydrogen-bond donors (Lipinski definition) is 1. The van der Waals surface area contributed by atoms with Crippen LogP contribution in [-0.2, 0) is 17.8 Å². The van der Waals surface area contributed by atoms with Gasteiger partial charge < -0.3 is 19.3 Å². The number of hydrogen-bond acceptors (Lipinski definition) is 5. The Bertz CT molecular complexity index is 739. The number of methoxy groups -OCH3 is 1. The van der Waals surface area contributed by atoms with Crippen molar-refractivity contribution >= 4 is 5.91 Å². The summed E-state index contributed by atoms with van der Waals surface area (Å²) in [4.78, 5) is 12.6. The summed E-state index contributed by atoms with van der Waals surface area (Å²) in [6, 6.07) is 6.10. The van der Waals surface area contributed by atoms with E-state index in [1.54, 1.807) is 7.11 Å². The van der Waals surface area contributed by atoms with Crippen LogP contribution < -0.4 is 10.1 Å². The van der Waals surface area contributed by atoms with Crippen molar-refractivity contribution in [1.82, 2.24) is 10.5 Å². The molecule has 25 heavy (non-hydrogen) atoms. The van der Waals surface area contributed by atoms with Gasteiger partial charge in [0.05, 0.1) is 18.8 Å². The van der Waals surface area contributed by atoms with Crippen LogP contribution in [-0.4, -0.2) is 24.3 Å². The molecule has 1 aromatic carbocycles. The molecule has 6 nitrogen and oxygen atoms in total. The van der Waals surface area contributed by atoms with Crippen LogP contribution in [0.2, 0.25) is 0 Å². The average molecular weight is 344 g/mol. The molecule has 0 bridgehead atoms. The zero-order valence-corrected chi connectivity index (χ0v) is 14.9. The first-order chi connectivity index (χ1) is 12.1. The molecule has 1 aliphatic carbocycles. The highest BCUT2D eigenvalue weighted by Crippen LogP contribution is 2.33. The number of fused-ring (bicyclic) bond motifs is 1. The minimum Gasteiger partial charge on any atom is -0.491 e. The number of amides is 1. The van der Waals surface area contributed by atoms with Gasteiger partial charge in [-0.2, -0.15) is 0 Å². The van der Waals surface area contributed by atoms with E-state index >= 15 is 0 Å². The largest absolute Gasteiger partial charge is 0.491 e. The smallest absolute Gasteiger partial charge is 0.257 e. The standard InChI is InChI=1S/C19H24N2O4/c1-12(2)25-14-8-7-13-5-4-6-17(15(13)9-14)20-19(22)16-10-24-21-18(16)11-23-3/h7-10,12,17H,4-6,11H2,1-3H3,(H,20,22)/t17-/m1/s1.